The Morgan fingerprint density at radius 1 is 1.28 bits per heavy atom. The van der Waals surface area contributed by atoms with Crippen molar-refractivity contribution in [3.05, 3.63) is 33.8 Å². The molecule has 0 saturated carbocycles. The van der Waals surface area contributed by atoms with Crippen LogP contribution in [0, 0.1) is 0 Å². The maximum absolute atomic E-state index is 11.6. The van der Waals surface area contributed by atoms with Gasteiger partial charge in [0.25, 0.3) is 0 Å². The molecule has 1 aromatic rings. The Hall–Kier alpha value is -0.930. The summed E-state index contributed by atoms with van der Waals surface area (Å²) in [6.45, 7) is 2.95. The van der Waals surface area contributed by atoms with E-state index in [4.69, 9.17) is 27.9 Å². The molecule has 0 aromatic heterocycles. The summed E-state index contributed by atoms with van der Waals surface area (Å²) in [7, 11) is 1.73. The van der Waals surface area contributed by atoms with E-state index in [-0.39, 0.29) is 12.7 Å². The van der Waals surface area contributed by atoms with Gasteiger partial charge in [0.2, 0.25) is 0 Å². The summed E-state index contributed by atoms with van der Waals surface area (Å²) in [6, 6.07) is 5.10. The molecule has 3 nitrogen and oxygen atoms in total. The summed E-state index contributed by atoms with van der Waals surface area (Å²) in [5, 5.41) is 1.07. The molecule has 0 heterocycles. The van der Waals surface area contributed by atoms with Crippen molar-refractivity contribution >= 4 is 29.3 Å². The molecule has 0 bridgehead atoms. The van der Waals surface area contributed by atoms with Crippen molar-refractivity contribution < 1.29 is 9.53 Å². The Balaban J connectivity index is 2.46. The molecule has 0 N–H and O–H groups in total. The molecule has 18 heavy (non-hydrogen) atoms. The first kappa shape index (κ1) is 15.1. The number of amides is 1. The van der Waals surface area contributed by atoms with Crippen LogP contribution in [0.4, 0.5) is 4.79 Å². The Labute approximate surface area is 118 Å². The van der Waals surface area contributed by atoms with E-state index in [1.807, 2.05) is 0 Å². The minimum absolute atomic E-state index is 0.176. The van der Waals surface area contributed by atoms with Crippen LogP contribution < -0.4 is 0 Å². The molecule has 1 amide bonds. The van der Waals surface area contributed by atoms with E-state index in [0.717, 1.165) is 18.4 Å². The smallest absolute Gasteiger partial charge is 0.409 e. The van der Waals surface area contributed by atoms with E-state index in [9.17, 15) is 4.79 Å². The van der Waals surface area contributed by atoms with Gasteiger partial charge in [-0.3, -0.25) is 0 Å². The van der Waals surface area contributed by atoms with Gasteiger partial charge in [0.15, 0.2) is 0 Å². The molecule has 1 aromatic carbocycles. The summed E-state index contributed by atoms with van der Waals surface area (Å²) in [5.41, 5.74) is 0.782. The van der Waals surface area contributed by atoms with Gasteiger partial charge in [-0.25, -0.2) is 4.79 Å². The van der Waals surface area contributed by atoms with Crippen LogP contribution in [0.2, 0.25) is 10.0 Å². The second-order valence-electron chi connectivity index (χ2n) is 4.11. The molecule has 0 unspecified atom stereocenters. The average molecular weight is 290 g/mol. The number of carbonyl (C=O) groups excluding carboxylic acids is 1. The molecular formula is C13H17Cl2NO2. The number of carbonyl (C=O) groups is 1. The minimum Gasteiger partial charge on any atom is -0.445 e. The van der Waals surface area contributed by atoms with Crippen LogP contribution in [-0.4, -0.2) is 24.6 Å². The molecule has 0 atom stereocenters. The van der Waals surface area contributed by atoms with Crippen LogP contribution in [0.15, 0.2) is 18.2 Å². The van der Waals surface area contributed by atoms with Gasteiger partial charge >= 0.3 is 6.09 Å². The summed E-state index contributed by atoms with van der Waals surface area (Å²) in [5.74, 6) is 0. The van der Waals surface area contributed by atoms with E-state index in [0.29, 0.717) is 16.6 Å². The van der Waals surface area contributed by atoms with Crippen molar-refractivity contribution in [1.29, 1.82) is 0 Å². The largest absolute Gasteiger partial charge is 0.445 e. The fourth-order valence-corrected chi connectivity index (χ4v) is 2.01. The monoisotopic (exact) mass is 289 g/mol. The number of unbranched alkanes of at least 4 members (excludes halogenated alkanes) is 1. The summed E-state index contributed by atoms with van der Waals surface area (Å²) in [6.07, 6.45) is 1.68. The Kier molecular flexibility index (Phi) is 6.30. The Morgan fingerprint density at radius 3 is 2.44 bits per heavy atom. The highest BCUT2D eigenvalue weighted by molar-refractivity contribution is 6.34. The number of ether oxygens (including phenoxy) is 1. The van der Waals surface area contributed by atoms with Crippen LogP contribution in [0.1, 0.15) is 25.3 Å². The molecule has 0 fully saturated rings. The SMILES string of the molecule is CCCCN(C)C(=O)OCc1cc(Cl)cc(Cl)c1. The highest BCUT2D eigenvalue weighted by atomic mass is 35.5. The van der Waals surface area contributed by atoms with Crippen LogP contribution in [-0.2, 0) is 11.3 Å². The highest BCUT2D eigenvalue weighted by Gasteiger charge is 2.09. The zero-order chi connectivity index (χ0) is 13.5. The molecule has 0 radical (unpaired) electrons. The normalized spacial score (nSPS) is 10.2. The molecule has 100 valence electrons. The van der Waals surface area contributed by atoms with Crippen LogP contribution in [0.25, 0.3) is 0 Å². The zero-order valence-electron chi connectivity index (χ0n) is 10.6. The first-order chi connectivity index (χ1) is 8.52. The lowest BCUT2D eigenvalue weighted by Gasteiger charge is -2.16. The van der Waals surface area contributed by atoms with Crippen molar-refractivity contribution in [1.82, 2.24) is 4.90 Å². The van der Waals surface area contributed by atoms with Crippen LogP contribution in [0.5, 0.6) is 0 Å². The molecule has 1 rings (SSSR count). The van der Waals surface area contributed by atoms with Crippen LogP contribution >= 0.6 is 23.2 Å². The molecule has 0 saturated heterocycles. The number of benzene rings is 1. The maximum Gasteiger partial charge on any atom is 0.409 e. The van der Waals surface area contributed by atoms with E-state index in [1.54, 1.807) is 30.1 Å². The minimum atomic E-state index is -0.334. The third-order valence-corrected chi connectivity index (χ3v) is 2.88. The van der Waals surface area contributed by atoms with Gasteiger partial charge in [-0.1, -0.05) is 36.5 Å². The van der Waals surface area contributed by atoms with E-state index in [2.05, 4.69) is 6.92 Å². The number of nitrogens with zero attached hydrogens (tertiary/aromatic N) is 1. The molecule has 5 heteroatoms. The number of hydrogen-bond acceptors (Lipinski definition) is 2. The summed E-state index contributed by atoms with van der Waals surface area (Å²) >= 11 is 11.7. The molecule has 0 aliphatic carbocycles. The fraction of sp³-hybridized carbons (Fsp3) is 0.462. The third kappa shape index (κ3) is 5.15. The second-order valence-corrected chi connectivity index (χ2v) is 4.98. The molecular weight excluding hydrogens is 273 g/mol. The Morgan fingerprint density at radius 2 is 1.89 bits per heavy atom. The predicted octanol–water partition coefficient (Wildman–Crippen LogP) is 4.36. The van der Waals surface area contributed by atoms with Gasteiger partial charge in [-0.15, -0.1) is 0 Å². The standard InChI is InChI=1S/C13H17Cl2NO2/c1-3-4-5-16(2)13(17)18-9-10-6-11(14)8-12(15)7-10/h6-8H,3-5,9H2,1-2H3. The molecule has 0 aliphatic heterocycles. The van der Waals surface area contributed by atoms with Gasteiger partial charge in [-0.2, -0.15) is 0 Å². The topological polar surface area (TPSA) is 29.5 Å². The molecule has 0 aliphatic rings. The van der Waals surface area contributed by atoms with Crippen molar-refractivity contribution in [3.63, 3.8) is 0 Å². The van der Waals surface area contributed by atoms with Crippen molar-refractivity contribution in [2.24, 2.45) is 0 Å². The first-order valence-corrected chi connectivity index (χ1v) is 6.61. The van der Waals surface area contributed by atoms with E-state index >= 15 is 0 Å². The van der Waals surface area contributed by atoms with Gasteiger partial charge in [-0.05, 0) is 30.2 Å². The lowest BCUT2D eigenvalue weighted by molar-refractivity contribution is 0.104. The maximum atomic E-state index is 11.6. The summed E-state index contributed by atoms with van der Waals surface area (Å²) in [4.78, 5) is 13.2. The number of rotatable bonds is 5. The van der Waals surface area contributed by atoms with Gasteiger partial charge in [0, 0.05) is 23.6 Å². The van der Waals surface area contributed by atoms with Gasteiger partial charge in [0.05, 0.1) is 0 Å². The van der Waals surface area contributed by atoms with Crippen molar-refractivity contribution in [2.75, 3.05) is 13.6 Å². The zero-order valence-corrected chi connectivity index (χ0v) is 12.1. The number of halogens is 2. The van der Waals surface area contributed by atoms with E-state index in [1.165, 1.54) is 0 Å². The van der Waals surface area contributed by atoms with Crippen LogP contribution in [0.3, 0.4) is 0 Å². The number of hydrogen-bond donors (Lipinski definition) is 0. The van der Waals surface area contributed by atoms with Crippen molar-refractivity contribution in [2.45, 2.75) is 26.4 Å². The van der Waals surface area contributed by atoms with E-state index < -0.39 is 0 Å². The average Bonchev–Trinajstić information content (AvgIpc) is 2.31. The third-order valence-electron chi connectivity index (χ3n) is 2.44. The predicted molar refractivity (Wildman–Crippen MR) is 74.2 cm³/mol. The quantitative estimate of drug-likeness (QED) is 0.806. The second kappa shape index (κ2) is 7.49. The first-order valence-electron chi connectivity index (χ1n) is 5.85. The summed E-state index contributed by atoms with van der Waals surface area (Å²) < 4.78 is 5.17. The Bertz CT molecular complexity index is 390. The van der Waals surface area contributed by atoms with Gasteiger partial charge in [0.1, 0.15) is 6.61 Å². The highest BCUT2D eigenvalue weighted by Crippen LogP contribution is 2.19. The lowest BCUT2D eigenvalue weighted by atomic mass is 10.2. The fourth-order valence-electron chi connectivity index (χ4n) is 1.44. The lowest BCUT2D eigenvalue weighted by Crippen LogP contribution is -2.28. The van der Waals surface area contributed by atoms with Gasteiger partial charge < -0.3 is 9.64 Å². The molecule has 0 spiro atoms. The van der Waals surface area contributed by atoms with Crippen molar-refractivity contribution in [3.8, 4) is 0 Å².